The van der Waals surface area contributed by atoms with Crippen LogP contribution in [0, 0.1) is 6.92 Å². The van der Waals surface area contributed by atoms with E-state index in [1.807, 2.05) is 13.8 Å². The minimum absolute atomic E-state index is 0.122. The number of hydrogen-bond donors (Lipinski definition) is 9. The van der Waals surface area contributed by atoms with Crippen molar-refractivity contribution in [1.29, 1.82) is 0 Å². The number of aromatic hydroxyl groups is 1. The summed E-state index contributed by atoms with van der Waals surface area (Å²) in [5, 5.41) is 92.7. The maximum absolute atomic E-state index is 13.2. The van der Waals surface area contributed by atoms with E-state index in [9.17, 15) is 50.8 Å². The number of aliphatic hydroxyl groups is 8. The number of hydrogen-bond acceptors (Lipinski definition) is 15. The smallest absolute Gasteiger partial charge is 0.342 e. The third-order valence-electron chi connectivity index (χ3n) is 7.72. The molecule has 0 unspecified atom stereocenters. The number of carbonyl (C=O) groups is 1. The second-order valence-corrected chi connectivity index (χ2v) is 10.9. The highest BCUT2D eigenvalue weighted by molar-refractivity contribution is 6.11. The van der Waals surface area contributed by atoms with E-state index >= 15 is 0 Å². The molecule has 2 heterocycles. The molecular weight excluding hydrogens is 576 g/mol. The highest BCUT2D eigenvalue weighted by Crippen LogP contribution is 2.47. The van der Waals surface area contributed by atoms with Gasteiger partial charge in [0.15, 0.2) is 11.5 Å². The first kappa shape index (κ1) is 33.1. The monoisotopic (exact) mass is 614 g/mol. The summed E-state index contributed by atoms with van der Waals surface area (Å²) in [6.45, 7) is 3.79. The van der Waals surface area contributed by atoms with Crippen LogP contribution >= 0.6 is 0 Å². The topological polar surface area (TPSA) is 245 Å². The number of aryl methyl sites for hydroxylation is 1. The van der Waals surface area contributed by atoms with Gasteiger partial charge in [-0.15, -0.1) is 0 Å². The minimum Gasteiger partial charge on any atom is -0.504 e. The number of esters is 1. The first-order valence-electron chi connectivity index (χ1n) is 13.6. The van der Waals surface area contributed by atoms with E-state index in [1.165, 1.54) is 6.07 Å². The van der Waals surface area contributed by atoms with E-state index in [0.717, 1.165) is 7.11 Å². The Balaban J connectivity index is 1.89. The van der Waals surface area contributed by atoms with Crippen molar-refractivity contribution in [3.63, 3.8) is 0 Å². The summed E-state index contributed by atoms with van der Waals surface area (Å²) in [7, 11) is 1.08. The fourth-order valence-electron chi connectivity index (χ4n) is 5.27. The van der Waals surface area contributed by atoms with Crippen LogP contribution in [0.15, 0.2) is 12.1 Å². The van der Waals surface area contributed by atoms with Crippen LogP contribution in [-0.2, 0) is 14.2 Å². The first-order chi connectivity index (χ1) is 20.3. The Hall–Kier alpha value is -2.83. The largest absolute Gasteiger partial charge is 0.504 e. The van der Waals surface area contributed by atoms with Crippen LogP contribution in [0.4, 0.5) is 0 Å². The normalized spacial score (nSPS) is 33.0. The number of ether oxygens (including phenoxy) is 5. The lowest BCUT2D eigenvalue weighted by Gasteiger charge is -2.40. The molecule has 2 aromatic rings. The first-order valence-corrected chi connectivity index (χ1v) is 13.6. The van der Waals surface area contributed by atoms with Crippen molar-refractivity contribution in [3.8, 4) is 17.2 Å². The Morgan fingerprint density at radius 3 is 1.81 bits per heavy atom. The zero-order valence-corrected chi connectivity index (χ0v) is 23.9. The number of benzene rings is 2. The van der Waals surface area contributed by atoms with E-state index < -0.39 is 86.3 Å². The molecule has 2 fully saturated rings. The second-order valence-electron chi connectivity index (χ2n) is 10.9. The van der Waals surface area contributed by atoms with Gasteiger partial charge in [0, 0.05) is 5.39 Å². The van der Waals surface area contributed by atoms with Crippen LogP contribution in [0.2, 0.25) is 0 Å². The van der Waals surface area contributed by atoms with Gasteiger partial charge in [0.25, 0.3) is 0 Å². The Bertz CT molecular complexity index is 1310. The van der Waals surface area contributed by atoms with Crippen LogP contribution in [0.25, 0.3) is 10.8 Å². The molecule has 15 heteroatoms. The summed E-state index contributed by atoms with van der Waals surface area (Å²) in [6.07, 6.45) is -16.3. The van der Waals surface area contributed by atoms with Crippen molar-refractivity contribution in [3.05, 3.63) is 28.8 Å². The molecule has 43 heavy (non-hydrogen) atoms. The van der Waals surface area contributed by atoms with Gasteiger partial charge in [0.05, 0.1) is 20.3 Å². The lowest BCUT2D eigenvalue weighted by Crippen LogP contribution is -2.60. The minimum atomic E-state index is -1.81. The van der Waals surface area contributed by atoms with Gasteiger partial charge in [0.1, 0.15) is 60.1 Å². The molecule has 2 saturated heterocycles. The zero-order valence-electron chi connectivity index (χ0n) is 23.9. The third-order valence-corrected chi connectivity index (χ3v) is 7.72. The van der Waals surface area contributed by atoms with Crippen molar-refractivity contribution in [2.45, 2.75) is 88.1 Å². The van der Waals surface area contributed by atoms with Crippen LogP contribution in [-0.4, -0.2) is 134 Å². The molecule has 0 bridgehead atoms. The Kier molecular flexibility index (Phi) is 10.0. The van der Waals surface area contributed by atoms with E-state index in [2.05, 4.69) is 0 Å². The number of methoxy groups -OCH3 is 1. The summed E-state index contributed by atoms with van der Waals surface area (Å²) in [5.74, 6) is -2.36. The van der Waals surface area contributed by atoms with Gasteiger partial charge in [-0.3, -0.25) is 0 Å². The fraction of sp³-hybridized carbons (Fsp3) is 0.607. The van der Waals surface area contributed by atoms with Gasteiger partial charge in [-0.1, -0.05) is 13.8 Å². The summed E-state index contributed by atoms with van der Waals surface area (Å²) in [6, 6.07) is 3.06. The fourth-order valence-corrected chi connectivity index (χ4v) is 5.27. The summed E-state index contributed by atoms with van der Waals surface area (Å²) < 4.78 is 27.5. The zero-order chi connectivity index (χ0) is 31.9. The highest BCUT2D eigenvalue weighted by Gasteiger charge is 2.46. The van der Waals surface area contributed by atoms with Gasteiger partial charge >= 0.3 is 5.97 Å². The van der Waals surface area contributed by atoms with Crippen molar-refractivity contribution in [1.82, 2.24) is 0 Å². The molecule has 0 spiro atoms. The molecule has 10 atom stereocenters. The van der Waals surface area contributed by atoms with Gasteiger partial charge in [-0.2, -0.15) is 0 Å². The van der Waals surface area contributed by atoms with E-state index in [-0.39, 0.29) is 28.4 Å². The predicted octanol–water partition coefficient (Wildman–Crippen LogP) is -1.88. The Morgan fingerprint density at radius 1 is 0.837 bits per heavy atom. The van der Waals surface area contributed by atoms with Crippen LogP contribution < -0.4 is 9.47 Å². The number of phenolic OH excluding ortho intramolecular Hbond substituents is 1. The van der Waals surface area contributed by atoms with E-state index in [1.54, 1.807) is 13.0 Å². The van der Waals surface area contributed by atoms with Crippen molar-refractivity contribution in [2.24, 2.45) is 0 Å². The average molecular weight is 615 g/mol. The quantitative estimate of drug-likeness (QED) is 0.148. The molecule has 15 nitrogen and oxygen atoms in total. The van der Waals surface area contributed by atoms with E-state index in [0.29, 0.717) is 16.5 Å². The number of phenols is 1. The Labute approximate surface area is 246 Å². The molecule has 0 aliphatic carbocycles. The van der Waals surface area contributed by atoms with Gasteiger partial charge < -0.3 is 69.6 Å². The molecule has 2 aliphatic heterocycles. The van der Waals surface area contributed by atoms with Crippen molar-refractivity contribution >= 4 is 16.7 Å². The molecule has 240 valence electrons. The molecule has 0 aromatic heterocycles. The number of fused-ring (bicyclic) bond motifs is 1. The standard InChI is InChI=1S/C28H38O15/c1-9(2)11-6-13(40-27-23(36)21(34)18(31)14(7-29)41-27)17(26(38)39-4)16-12(11)5-10(3)25(20(16)33)43-28-24(37)22(35)19(32)15(8-30)42-28/h5-6,9,14-15,18-19,21-24,27-37H,7-8H2,1-4H3/t14-,15-,18-,19-,21+,22+,23-,24-,27-,28+/m1/s1. The Morgan fingerprint density at radius 2 is 1.35 bits per heavy atom. The van der Waals surface area contributed by atoms with Crippen molar-refractivity contribution in [2.75, 3.05) is 20.3 Å². The molecular formula is C28H38O15. The maximum atomic E-state index is 13.2. The SMILES string of the molecule is COC(=O)c1c(O[C@@H]2O[C@H](CO)[C@@H](O)[C@H](O)[C@H]2O)cc(C(C)C)c2cc(C)c(O[C@@H]3O[C@H](CO)[C@@H](O)[C@H](O)[C@H]3O)c(O)c12. The summed E-state index contributed by atoms with van der Waals surface area (Å²) in [5.41, 5.74) is 0.539. The molecule has 0 radical (unpaired) electrons. The molecule has 9 N–H and O–H groups in total. The summed E-state index contributed by atoms with van der Waals surface area (Å²) in [4.78, 5) is 13.2. The lowest BCUT2D eigenvalue weighted by atomic mass is 9.90. The molecule has 4 rings (SSSR count). The van der Waals surface area contributed by atoms with E-state index in [4.69, 9.17) is 23.7 Å². The molecule has 0 amide bonds. The number of rotatable bonds is 8. The van der Waals surface area contributed by atoms with Gasteiger partial charge in [0.2, 0.25) is 12.6 Å². The average Bonchev–Trinajstić information content (AvgIpc) is 2.98. The van der Waals surface area contributed by atoms with Gasteiger partial charge in [-0.05, 0) is 41.5 Å². The second kappa shape index (κ2) is 13.0. The van der Waals surface area contributed by atoms with Crippen LogP contribution in [0.1, 0.15) is 41.3 Å². The maximum Gasteiger partial charge on any atom is 0.342 e. The van der Waals surface area contributed by atoms with Crippen molar-refractivity contribution < 1.29 is 74.4 Å². The predicted molar refractivity (Wildman–Crippen MR) is 145 cm³/mol. The molecule has 0 saturated carbocycles. The number of aliphatic hydroxyl groups excluding tert-OH is 8. The third kappa shape index (κ3) is 5.98. The molecule has 2 aliphatic rings. The molecule has 2 aromatic carbocycles. The summed E-state index contributed by atoms with van der Waals surface area (Å²) >= 11 is 0. The van der Waals surface area contributed by atoms with Crippen LogP contribution in [0.5, 0.6) is 17.2 Å². The number of carbonyl (C=O) groups excluding carboxylic acids is 1. The van der Waals surface area contributed by atoms with Crippen LogP contribution in [0.3, 0.4) is 0 Å². The van der Waals surface area contributed by atoms with Gasteiger partial charge in [-0.25, -0.2) is 4.79 Å². The highest BCUT2D eigenvalue weighted by atomic mass is 16.7. The lowest BCUT2D eigenvalue weighted by molar-refractivity contribution is -0.277.